The molecule has 1 saturated heterocycles. The molecule has 2 heteroatoms. The molecule has 74 valence electrons. The van der Waals surface area contributed by atoms with Crippen LogP contribution >= 0.6 is 0 Å². The normalized spacial score (nSPS) is 35.6. The van der Waals surface area contributed by atoms with Gasteiger partial charge in [-0.2, -0.15) is 0 Å². The van der Waals surface area contributed by atoms with Crippen molar-refractivity contribution in [2.75, 3.05) is 13.1 Å². The van der Waals surface area contributed by atoms with E-state index in [9.17, 15) is 5.11 Å². The fourth-order valence-electron chi connectivity index (χ4n) is 2.52. The van der Waals surface area contributed by atoms with E-state index in [1.165, 1.54) is 5.56 Å². The van der Waals surface area contributed by atoms with Crippen molar-refractivity contribution in [1.29, 1.82) is 0 Å². The van der Waals surface area contributed by atoms with Gasteiger partial charge in [0, 0.05) is 25.6 Å². The molecule has 0 amide bonds. The predicted octanol–water partition coefficient (Wildman–Crippen LogP) is 1.25. The van der Waals surface area contributed by atoms with E-state index < -0.39 is 0 Å². The molecule has 1 aromatic carbocycles. The van der Waals surface area contributed by atoms with Crippen LogP contribution in [-0.2, 0) is 6.54 Å². The molecule has 1 heterocycles. The van der Waals surface area contributed by atoms with E-state index in [2.05, 4.69) is 29.2 Å². The Bertz CT molecular complexity index is 337. The minimum Gasteiger partial charge on any atom is -0.388 e. The summed E-state index contributed by atoms with van der Waals surface area (Å²) in [6.07, 6.45) is 1.03. The Morgan fingerprint density at radius 2 is 2.14 bits per heavy atom. The van der Waals surface area contributed by atoms with Crippen LogP contribution in [-0.4, -0.2) is 28.7 Å². The van der Waals surface area contributed by atoms with Crippen molar-refractivity contribution in [3.63, 3.8) is 0 Å². The highest BCUT2D eigenvalue weighted by Crippen LogP contribution is 2.49. The number of likely N-dealkylation sites (tertiary alicyclic amines) is 1. The van der Waals surface area contributed by atoms with Crippen LogP contribution in [0.25, 0.3) is 0 Å². The number of aliphatic hydroxyl groups is 1. The van der Waals surface area contributed by atoms with Crippen LogP contribution < -0.4 is 0 Å². The first kappa shape index (κ1) is 8.45. The van der Waals surface area contributed by atoms with Gasteiger partial charge in [-0.15, -0.1) is 0 Å². The Morgan fingerprint density at radius 1 is 1.36 bits per heavy atom. The fraction of sp³-hybridized carbons (Fsp3) is 0.500. The highest BCUT2D eigenvalue weighted by atomic mass is 16.3. The molecule has 2 nitrogen and oxygen atoms in total. The van der Waals surface area contributed by atoms with Gasteiger partial charge in [-0.1, -0.05) is 30.3 Å². The Balaban J connectivity index is 1.65. The molecule has 3 rings (SSSR count). The smallest absolute Gasteiger partial charge is 0.0819 e. The maximum absolute atomic E-state index is 9.88. The van der Waals surface area contributed by atoms with Crippen molar-refractivity contribution in [3.05, 3.63) is 35.9 Å². The highest BCUT2D eigenvalue weighted by molar-refractivity contribution is 5.17. The second-order valence-corrected chi connectivity index (χ2v) is 4.66. The molecule has 0 radical (unpaired) electrons. The minimum atomic E-state index is -0.311. The standard InChI is InChI=1S/C12H15NO/c14-12-6-11(12)8-13(9-12)7-10-4-2-1-3-5-10/h1-5,11,14H,6-9H2. The summed E-state index contributed by atoms with van der Waals surface area (Å²) in [5.74, 6) is 0.561. The van der Waals surface area contributed by atoms with Crippen molar-refractivity contribution < 1.29 is 5.11 Å². The fourth-order valence-corrected chi connectivity index (χ4v) is 2.52. The third-order valence-corrected chi connectivity index (χ3v) is 3.42. The van der Waals surface area contributed by atoms with E-state index in [0.717, 1.165) is 26.1 Å². The zero-order valence-electron chi connectivity index (χ0n) is 8.19. The monoisotopic (exact) mass is 189 g/mol. The van der Waals surface area contributed by atoms with Gasteiger partial charge in [0.15, 0.2) is 0 Å². The highest BCUT2D eigenvalue weighted by Gasteiger charge is 2.58. The van der Waals surface area contributed by atoms with Crippen molar-refractivity contribution >= 4 is 0 Å². The molecule has 1 saturated carbocycles. The molecule has 0 spiro atoms. The van der Waals surface area contributed by atoms with E-state index in [1.807, 2.05) is 6.07 Å². The van der Waals surface area contributed by atoms with Gasteiger partial charge in [0.1, 0.15) is 0 Å². The molecule has 14 heavy (non-hydrogen) atoms. The summed E-state index contributed by atoms with van der Waals surface area (Å²) >= 11 is 0. The second-order valence-electron chi connectivity index (χ2n) is 4.66. The Labute approximate surface area is 84.2 Å². The van der Waals surface area contributed by atoms with E-state index in [1.54, 1.807) is 0 Å². The summed E-state index contributed by atoms with van der Waals surface area (Å²) in [6.45, 7) is 2.93. The van der Waals surface area contributed by atoms with Gasteiger partial charge < -0.3 is 5.11 Å². The van der Waals surface area contributed by atoms with Gasteiger partial charge in [-0.3, -0.25) is 4.90 Å². The van der Waals surface area contributed by atoms with Crippen LogP contribution in [0.3, 0.4) is 0 Å². The first-order valence-corrected chi connectivity index (χ1v) is 5.25. The van der Waals surface area contributed by atoms with E-state index in [0.29, 0.717) is 5.92 Å². The average Bonchev–Trinajstić information content (AvgIpc) is 2.67. The molecule has 0 bridgehead atoms. The molecular weight excluding hydrogens is 174 g/mol. The summed E-state index contributed by atoms with van der Waals surface area (Å²) in [4.78, 5) is 2.35. The van der Waals surface area contributed by atoms with Crippen LogP contribution in [0.15, 0.2) is 30.3 Å². The second kappa shape index (κ2) is 2.81. The summed E-state index contributed by atoms with van der Waals surface area (Å²) in [6, 6.07) is 10.5. The van der Waals surface area contributed by atoms with Crippen LogP contribution in [0, 0.1) is 5.92 Å². The van der Waals surface area contributed by atoms with Crippen LogP contribution in [0.1, 0.15) is 12.0 Å². The number of rotatable bonds is 2. The van der Waals surface area contributed by atoms with Crippen LogP contribution in [0.5, 0.6) is 0 Å². The summed E-state index contributed by atoms with van der Waals surface area (Å²) in [5, 5.41) is 9.88. The molecule has 1 N–H and O–H groups in total. The Morgan fingerprint density at radius 3 is 2.79 bits per heavy atom. The largest absolute Gasteiger partial charge is 0.388 e. The minimum absolute atomic E-state index is 0.311. The van der Waals surface area contributed by atoms with Crippen molar-refractivity contribution in [2.45, 2.75) is 18.6 Å². The lowest BCUT2D eigenvalue weighted by atomic mass is 10.2. The van der Waals surface area contributed by atoms with Crippen molar-refractivity contribution in [2.24, 2.45) is 5.92 Å². The molecule has 2 aliphatic rings. The molecule has 0 aromatic heterocycles. The van der Waals surface area contributed by atoms with Gasteiger partial charge in [-0.25, -0.2) is 0 Å². The van der Waals surface area contributed by atoms with Crippen molar-refractivity contribution in [1.82, 2.24) is 4.90 Å². The topological polar surface area (TPSA) is 23.5 Å². The molecule has 2 atom stereocenters. The van der Waals surface area contributed by atoms with Gasteiger partial charge in [0.2, 0.25) is 0 Å². The Kier molecular flexibility index (Phi) is 1.70. The number of nitrogens with zero attached hydrogens (tertiary/aromatic N) is 1. The van der Waals surface area contributed by atoms with Gasteiger partial charge in [-0.05, 0) is 12.0 Å². The number of β-amino-alcohol motifs (C(OH)–C–C–N with tert-alkyl or cyclic N) is 1. The molecular formula is C12H15NO. The number of benzene rings is 1. The van der Waals surface area contributed by atoms with Crippen LogP contribution in [0.2, 0.25) is 0 Å². The maximum Gasteiger partial charge on any atom is 0.0819 e. The third kappa shape index (κ3) is 1.35. The number of hydrogen-bond acceptors (Lipinski definition) is 2. The SMILES string of the molecule is OC12CC1CN(Cc1ccccc1)C2. The van der Waals surface area contributed by atoms with Crippen molar-refractivity contribution in [3.8, 4) is 0 Å². The molecule has 1 aliphatic carbocycles. The molecule has 1 aromatic rings. The number of fused-ring (bicyclic) bond motifs is 1. The predicted molar refractivity (Wildman–Crippen MR) is 54.8 cm³/mol. The third-order valence-electron chi connectivity index (χ3n) is 3.42. The van der Waals surface area contributed by atoms with Gasteiger partial charge in [0.25, 0.3) is 0 Å². The number of piperidine rings is 1. The molecule has 2 fully saturated rings. The average molecular weight is 189 g/mol. The lowest BCUT2D eigenvalue weighted by Crippen LogP contribution is -2.26. The summed E-state index contributed by atoms with van der Waals surface area (Å²) < 4.78 is 0. The zero-order chi connectivity index (χ0) is 9.60. The first-order chi connectivity index (χ1) is 6.76. The van der Waals surface area contributed by atoms with Gasteiger partial charge >= 0.3 is 0 Å². The molecule has 1 aliphatic heterocycles. The summed E-state index contributed by atoms with van der Waals surface area (Å²) in [5.41, 5.74) is 1.03. The first-order valence-electron chi connectivity index (χ1n) is 5.25. The zero-order valence-corrected chi connectivity index (χ0v) is 8.19. The van der Waals surface area contributed by atoms with E-state index in [-0.39, 0.29) is 5.60 Å². The van der Waals surface area contributed by atoms with Crippen LogP contribution in [0.4, 0.5) is 0 Å². The lowest BCUT2D eigenvalue weighted by Gasteiger charge is -2.18. The van der Waals surface area contributed by atoms with E-state index >= 15 is 0 Å². The maximum atomic E-state index is 9.88. The Hall–Kier alpha value is -0.860. The van der Waals surface area contributed by atoms with Gasteiger partial charge in [0.05, 0.1) is 5.60 Å². The molecule has 2 unspecified atom stereocenters. The van der Waals surface area contributed by atoms with E-state index in [4.69, 9.17) is 0 Å². The quantitative estimate of drug-likeness (QED) is 0.757. The number of hydrogen-bond donors (Lipinski definition) is 1. The summed E-state index contributed by atoms with van der Waals surface area (Å²) in [7, 11) is 0. The lowest BCUT2D eigenvalue weighted by molar-refractivity contribution is 0.126.